The molecule has 1 N–H and O–H groups in total. The number of rotatable bonds is 2. The van der Waals surface area contributed by atoms with Gasteiger partial charge < -0.3 is 9.84 Å². The molecule has 0 aromatic heterocycles. The predicted octanol–water partition coefficient (Wildman–Crippen LogP) is 2.35. The molecule has 2 rings (SSSR count). The lowest BCUT2D eigenvalue weighted by atomic mass is 10.1. The Morgan fingerprint density at radius 2 is 2.11 bits per heavy atom. The summed E-state index contributed by atoms with van der Waals surface area (Å²) < 4.78 is 5.31. The number of aryl methyl sites for hydroxylation is 1. The summed E-state index contributed by atoms with van der Waals surface area (Å²) in [5.74, 6) is -0.489. The lowest BCUT2D eigenvalue weighted by molar-refractivity contribution is -0.141. The number of benzene rings is 1. The van der Waals surface area contributed by atoms with Gasteiger partial charge in [0.05, 0.1) is 0 Å². The summed E-state index contributed by atoms with van der Waals surface area (Å²) in [6.45, 7) is 4.24. The molecular formula is C14H17NO4. The molecule has 1 aromatic carbocycles. The van der Waals surface area contributed by atoms with Gasteiger partial charge in [-0.25, -0.2) is 9.59 Å². The number of hydrogen-bond donors (Lipinski definition) is 1. The van der Waals surface area contributed by atoms with Gasteiger partial charge in [0.15, 0.2) is 0 Å². The Kier molecular flexibility index (Phi) is 3.74. The monoisotopic (exact) mass is 263 g/mol. The second-order valence-corrected chi connectivity index (χ2v) is 4.76. The Balaban J connectivity index is 2.13. The number of hydrogen-bond acceptors (Lipinski definition) is 3. The van der Waals surface area contributed by atoms with Gasteiger partial charge in [0.2, 0.25) is 0 Å². The zero-order valence-corrected chi connectivity index (χ0v) is 11.0. The summed E-state index contributed by atoms with van der Waals surface area (Å²) in [5.41, 5.74) is 1.92. The first kappa shape index (κ1) is 13.4. The van der Waals surface area contributed by atoms with Crippen molar-refractivity contribution < 1.29 is 19.4 Å². The van der Waals surface area contributed by atoms with Gasteiger partial charge in [0.1, 0.15) is 11.8 Å². The highest BCUT2D eigenvalue weighted by Gasteiger charge is 2.35. The normalized spacial score (nSPS) is 18.4. The Bertz CT molecular complexity index is 512. The summed E-state index contributed by atoms with van der Waals surface area (Å²) in [6.07, 6.45) is 0.592. The highest BCUT2D eigenvalue weighted by Crippen LogP contribution is 2.24. The molecule has 19 heavy (non-hydrogen) atoms. The minimum Gasteiger partial charge on any atom is -0.480 e. The van der Waals surface area contributed by atoms with E-state index in [2.05, 4.69) is 0 Å². The number of carboxylic acid groups (broad SMARTS) is 1. The lowest BCUT2D eigenvalue weighted by Crippen LogP contribution is -2.42. The SMILES string of the molecule is Cc1cccc(OC(=O)N2CCCC2C(=O)O)c1C. The van der Waals surface area contributed by atoms with E-state index in [1.54, 1.807) is 6.07 Å². The van der Waals surface area contributed by atoms with Crippen LogP contribution in [0, 0.1) is 13.8 Å². The van der Waals surface area contributed by atoms with Crippen LogP contribution in [-0.2, 0) is 4.79 Å². The first-order valence-corrected chi connectivity index (χ1v) is 6.28. The van der Waals surface area contributed by atoms with Gasteiger partial charge in [-0.05, 0) is 43.9 Å². The molecule has 0 bridgehead atoms. The predicted molar refractivity (Wildman–Crippen MR) is 69.3 cm³/mol. The van der Waals surface area contributed by atoms with Crippen molar-refractivity contribution in [3.8, 4) is 5.75 Å². The average Bonchev–Trinajstić information content (AvgIpc) is 2.84. The zero-order chi connectivity index (χ0) is 14.0. The first-order valence-electron chi connectivity index (χ1n) is 6.28. The second-order valence-electron chi connectivity index (χ2n) is 4.76. The fraction of sp³-hybridized carbons (Fsp3) is 0.429. The molecule has 1 amide bonds. The van der Waals surface area contributed by atoms with E-state index >= 15 is 0 Å². The van der Waals surface area contributed by atoms with Crippen LogP contribution in [-0.4, -0.2) is 34.7 Å². The van der Waals surface area contributed by atoms with E-state index in [4.69, 9.17) is 9.84 Å². The standard InChI is InChI=1S/C14H17NO4/c1-9-5-3-7-12(10(9)2)19-14(18)15-8-4-6-11(15)13(16)17/h3,5,7,11H,4,6,8H2,1-2H3,(H,16,17). The van der Waals surface area contributed by atoms with E-state index in [1.165, 1.54) is 4.90 Å². The molecule has 1 aliphatic rings. The smallest absolute Gasteiger partial charge is 0.415 e. The van der Waals surface area contributed by atoms with Crippen molar-refractivity contribution in [2.24, 2.45) is 0 Å². The van der Waals surface area contributed by atoms with Crippen molar-refractivity contribution in [1.29, 1.82) is 0 Å². The molecule has 1 fully saturated rings. The van der Waals surface area contributed by atoms with E-state index in [9.17, 15) is 9.59 Å². The summed E-state index contributed by atoms with van der Waals surface area (Å²) in [4.78, 5) is 24.4. The number of ether oxygens (including phenoxy) is 1. The van der Waals surface area contributed by atoms with E-state index < -0.39 is 18.1 Å². The van der Waals surface area contributed by atoms with Crippen LogP contribution in [0.2, 0.25) is 0 Å². The molecule has 1 aliphatic heterocycles. The molecule has 1 unspecified atom stereocenters. The van der Waals surface area contributed by atoms with Crippen molar-refractivity contribution >= 4 is 12.1 Å². The van der Waals surface area contributed by atoms with Crippen molar-refractivity contribution in [1.82, 2.24) is 4.90 Å². The Hall–Kier alpha value is -2.04. The Morgan fingerprint density at radius 3 is 2.79 bits per heavy atom. The molecule has 0 saturated carbocycles. The maximum Gasteiger partial charge on any atom is 0.415 e. The molecule has 5 nitrogen and oxygen atoms in total. The third-order valence-electron chi connectivity index (χ3n) is 3.52. The first-order chi connectivity index (χ1) is 9.00. The van der Waals surface area contributed by atoms with Crippen molar-refractivity contribution in [2.75, 3.05) is 6.54 Å². The van der Waals surface area contributed by atoms with Crippen LogP contribution in [0.4, 0.5) is 4.79 Å². The van der Waals surface area contributed by atoms with Gasteiger partial charge in [-0.3, -0.25) is 4.90 Å². The number of likely N-dealkylation sites (tertiary alicyclic amines) is 1. The highest BCUT2D eigenvalue weighted by molar-refractivity contribution is 5.81. The fourth-order valence-corrected chi connectivity index (χ4v) is 2.23. The van der Waals surface area contributed by atoms with Gasteiger partial charge >= 0.3 is 12.1 Å². The lowest BCUT2D eigenvalue weighted by Gasteiger charge is -2.21. The molecule has 0 radical (unpaired) electrons. The summed E-state index contributed by atoms with van der Waals surface area (Å²) in [7, 11) is 0. The van der Waals surface area contributed by atoms with Crippen LogP contribution in [0.3, 0.4) is 0 Å². The van der Waals surface area contributed by atoms with Gasteiger partial charge in [-0.1, -0.05) is 12.1 Å². The summed E-state index contributed by atoms with van der Waals surface area (Å²) in [6, 6.07) is 4.69. The number of nitrogens with zero attached hydrogens (tertiary/aromatic N) is 1. The number of carbonyl (C=O) groups is 2. The number of carbonyl (C=O) groups excluding carboxylic acids is 1. The van der Waals surface area contributed by atoms with Crippen molar-refractivity contribution in [3.05, 3.63) is 29.3 Å². The van der Waals surface area contributed by atoms with Crippen molar-refractivity contribution in [2.45, 2.75) is 32.7 Å². The molecule has 1 atom stereocenters. The maximum absolute atomic E-state index is 12.0. The minimum absolute atomic E-state index is 0.431. The molecule has 5 heteroatoms. The Labute approximate surface area is 111 Å². The number of carboxylic acids is 1. The Morgan fingerprint density at radius 1 is 1.37 bits per heavy atom. The maximum atomic E-state index is 12.0. The summed E-state index contributed by atoms with van der Waals surface area (Å²) >= 11 is 0. The number of amides is 1. The second kappa shape index (κ2) is 5.30. The topological polar surface area (TPSA) is 66.8 Å². The highest BCUT2D eigenvalue weighted by atomic mass is 16.6. The molecule has 102 valence electrons. The van der Waals surface area contributed by atoms with Crippen LogP contribution < -0.4 is 4.74 Å². The molecular weight excluding hydrogens is 246 g/mol. The van der Waals surface area contributed by atoms with Crippen molar-refractivity contribution in [3.63, 3.8) is 0 Å². The molecule has 0 aliphatic carbocycles. The third kappa shape index (κ3) is 2.70. The van der Waals surface area contributed by atoms with Gasteiger partial charge in [-0.2, -0.15) is 0 Å². The van der Waals surface area contributed by atoms with E-state index in [0.29, 0.717) is 25.1 Å². The van der Waals surface area contributed by atoms with Crippen LogP contribution in [0.1, 0.15) is 24.0 Å². The largest absolute Gasteiger partial charge is 0.480 e. The van der Waals surface area contributed by atoms with Crippen LogP contribution >= 0.6 is 0 Å². The van der Waals surface area contributed by atoms with Crippen LogP contribution in [0.25, 0.3) is 0 Å². The summed E-state index contributed by atoms with van der Waals surface area (Å²) in [5, 5.41) is 9.05. The fourth-order valence-electron chi connectivity index (χ4n) is 2.23. The zero-order valence-electron chi connectivity index (χ0n) is 11.0. The minimum atomic E-state index is -0.976. The molecule has 0 spiro atoms. The van der Waals surface area contributed by atoms with Gasteiger partial charge in [-0.15, -0.1) is 0 Å². The van der Waals surface area contributed by atoms with Crippen LogP contribution in [0.15, 0.2) is 18.2 Å². The molecule has 1 aromatic rings. The van der Waals surface area contributed by atoms with E-state index in [0.717, 1.165) is 11.1 Å². The van der Waals surface area contributed by atoms with Gasteiger partial charge in [0, 0.05) is 6.54 Å². The van der Waals surface area contributed by atoms with E-state index in [-0.39, 0.29) is 0 Å². The van der Waals surface area contributed by atoms with Crippen LogP contribution in [0.5, 0.6) is 5.75 Å². The van der Waals surface area contributed by atoms with Gasteiger partial charge in [0.25, 0.3) is 0 Å². The third-order valence-corrected chi connectivity index (χ3v) is 3.52. The number of aliphatic carboxylic acids is 1. The van der Waals surface area contributed by atoms with E-state index in [1.807, 2.05) is 26.0 Å². The quantitative estimate of drug-likeness (QED) is 0.889. The average molecular weight is 263 g/mol. The molecule has 1 heterocycles. The molecule has 1 saturated heterocycles.